The number of rotatable bonds is 6. The van der Waals surface area contributed by atoms with Crippen LogP contribution in [0.1, 0.15) is 23.0 Å². The second-order valence-corrected chi connectivity index (χ2v) is 5.39. The third-order valence-corrected chi connectivity index (χ3v) is 3.80. The zero-order chi connectivity index (χ0) is 17.0. The standard InChI is InChI=1S/C16H20ClN3O3/c1-5-20-9-11(17)12(18-20)10-19(2)16(21)15-13(22-3)7-6-8-14(15)23-4/h6-9H,5,10H2,1-4H3. The largest absolute Gasteiger partial charge is 0.496 e. The van der Waals surface area contributed by atoms with Crippen LogP contribution in [0.2, 0.25) is 5.02 Å². The average molecular weight is 338 g/mol. The third-order valence-electron chi connectivity index (χ3n) is 3.49. The highest BCUT2D eigenvalue weighted by molar-refractivity contribution is 6.31. The summed E-state index contributed by atoms with van der Waals surface area (Å²) in [6.45, 7) is 2.99. The summed E-state index contributed by atoms with van der Waals surface area (Å²) in [6.07, 6.45) is 1.75. The Morgan fingerprint density at radius 3 is 2.39 bits per heavy atom. The predicted molar refractivity (Wildman–Crippen MR) is 88.3 cm³/mol. The van der Waals surface area contributed by atoms with Crippen molar-refractivity contribution in [1.82, 2.24) is 14.7 Å². The molecule has 0 spiro atoms. The van der Waals surface area contributed by atoms with Crippen molar-refractivity contribution in [3.8, 4) is 11.5 Å². The molecule has 1 aromatic heterocycles. The molecule has 0 aliphatic carbocycles. The predicted octanol–water partition coefficient (Wildman–Crippen LogP) is 2.85. The number of amides is 1. The molecule has 0 fully saturated rings. The quantitative estimate of drug-likeness (QED) is 0.813. The molecular formula is C16H20ClN3O3. The summed E-state index contributed by atoms with van der Waals surface area (Å²) in [5, 5.41) is 4.90. The smallest absolute Gasteiger partial charge is 0.261 e. The Labute approximate surface area is 140 Å². The van der Waals surface area contributed by atoms with Crippen LogP contribution in [0.5, 0.6) is 11.5 Å². The maximum atomic E-state index is 12.8. The van der Waals surface area contributed by atoms with Crippen molar-refractivity contribution < 1.29 is 14.3 Å². The molecule has 2 aromatic rings. The van der Waals surface area contributed by atoms with Gasteiger partial charge in [0.15, 0.2) is 0 Å². The molecule has 0 atom stereocenters. The van der Waals surface area contributed by atoms with Crippen LogP contribution in [-0.4, -0.2) is 41.9 Å². The number of hydrogen-bond acceptors (Lipinski definition) is 4. The highest BCUT2D eigenvalue weighted by Crippen LogP contribution is 2.29. The maximum absolute atomic E-state index is 12.8. The molecule has 0 N–H and O–H groups in total. The first-order valence-corrected chi connectivity index (χ1v) is 7.57. The fourth-order valence-corrected chi connectivity index (χ4v) is 2.47. The SMILES string of the molecule is CCn1cc(Cl)c(CN(C)C(=O)c2c(OC)cccc2OC)n1. The molecule has 0 radical (unpaired) electrons. The summed E-state index contributed by atoms with van der Waals surface area (Å²) >= 11 is 6.16. The minimum atomic E-state index is -0.221. The van der Waals surface area contributed by atoms with Crippen LogP contribution < -0.4 is 9.47 Å². The topological polar surface area (TPSA) is 56.6 Å². The van der Waals surface area contributed by atoms with Gasteiger partial charge in [-0.25, -0.2) is 0 Å². The Hall–Kier alpha value is -2.21. The number of ether oxygens (including phenoxy) is 2. The molecule has 0 aliphatic rings. The summed E-state index contributed by atoms with van der Waals surface area (Å²) in [6, 6.07) is 5.22. The van der Waals surface area contributed by atoms with E-state index in [2.05, 4.69) is 5.10 Å². The molecule has 0 saturated carbocycles. The van der Waals surface area contributed by atoms with Gasteiger partial charge in [0.1, 0.15) is 22.8 Å². The van der Waals surface area contributed by atoms with E-state index in [1.807, 2.05) is 6.92 Å². The van der Waals surface area contributed by atoms with E-state index in [9.17, 15) is 4.79 Å². The number of carbonyl (C=O) groups is 1. The summed E-state index contributed by atoms with van der Waals surface area (Å²) in [5.74, 6) is 0.708. The van der Waals surface area contributed by atoms with Crippen LogP contribution in [-0.2, 0) is 13.1 Å². The highest BCUT2D eigenvalue weighted by atomic mass is 35.5. The van der Waals surface area contributed by atoms with Crippen molar-refractivity contribution >= 4 is 17.5 Å². The van der Waals surface area contributed by atoms with E-state index in [0.717, 1.165) is 6.54 Å². The molecule has 1 aromatic carbocycles. The van der Waals surface area contributed by atoms with Crippen molar-refractivity contribution in [2.75, 3.05) is 21.3 Å². The van der Waals surface area contributed by atoms with Gasteiger partial charge in [-0.15, -0.1) is 0 Å². The van der Waals surface area contributed by atoms with Crippen molar-refractivity contribution in [3.63, 3.8) is 0 Å². The number of nitrogens with zero attached hydrogens (tertiary/aromatic N) is 3. The normalized spacial score (nSPS) is 10.5. The van der Waals surface area contributed by atoms with Crippen LogP contribution in [0.3, 0.4) is 0 Å². The molecule has 0 saturated heterocycles. The van der Waals surface area contributed by atoms with Crippen LogP contribution in [0, 0.1) is 0 Å². The second-order valence-electron chi connectivity index (χ2n) is 4.98. The first-order valence-electron chi connectivity index (χ1n) is 7.20. The molecule has 124 valence electrons. The molecule has 6 nitrogen and oxygen atoms in total. The Balaban J connectivity index is 2.27. The van der Waals surface area contributed by atoms with Crippen LogP contribution >= 0.6 is 11.6 Å². The molecule has 0 unspecified atom stereocenters. The van der Waals surface area contributed by atoms with Gasteiger partial charge in [0.2, 0.25) is 0 Å². The van der Waals surface area contributed by atoms with E-state index in [1.165, 1.54) is 19.1 Å². The molecule has 0 aliphatic heterocycles. The van der Waals surface area contributed by atoms with E-state index in [-0.39, 0.29) is 5.91 Å². The van der Waals surface area contributed by atoms with Gasteiger partial charge >= 0.3 is 0 Å². The first kappa shape index (κ1) is 17.1. The van der Waals surface area contributed by atoms with Crippen LogP contribution in [0.15, 0.2) is 24.4 Å². The zero-order valence-corrected chi connectivity index (χ0v) is 14.4. The summed E-state index contributed by atoms with van der Waals surface area (Å²) < 4.78 is 12.3. The number of benzene rings is 1. The van der Waals surface area contributed by atoms with Gasteiger partial charge in [-0.05, 0) is 19.1 Å². The average Bonchev–Trinajstić information content (AvgIpc) is 2.93. The maximum Gasteiger partial charge on any atom is 0.261 e. The van der Waals surface area contributed by atoms with E-state index in [0.29, 0.717) is 34.3 Å². The number of aryl methyl sites for hydroxylation is 1. The fourth-order valence-electron chi connectivity index (χ4n) is 2.26. The van der Waals surface area contributed by atoms with Gasteiger partial charge in [0, 0.05) is 19.8 Å². The van der Waals surface area contributed by atoms with Crippen LogP contribution in [0.25, 0.3) is 0 Å². The van der Waals surface area contributed by atoms with Gasteiger partial charge in [-0.1, -0.05) is 17.7 Å². The van der Waals surface area contributed by atoms with Gasteiger partial charge in [-0.3, -0.25) is 9.48 Å². The lowest BCUT2D eigenvalue weighted by Crippen LogP contribution is -2.27. The van der Waals surface area contributed by atoms with Crippen molar-refractivity contribution in [2.45, 2.75) is 20.0 Å². The lowest BCUT2D eigenvalue weighted by Gasteiger charge is -2.19. The first-order chi connectivity index (χ1) is 11.0. The number of aromatic nitrogens is 2. The molecule has 23 heavy (non-hydrogen) atoms. The Kier molecular flexibility index (Phi) is 5.50. The molecular weight excluding hydrogens is 318 g/mol. The second kappa shape index (κ2) is 7.37. The monoisotopic (exact) mass is 337 g/mol. The van der Waals surface area contributed by atoms with Crippen molar-refractivity contribution in [3.05, 3.63) is 40.7 Å². The van der Waals surface area contributed by atoms with E-state index >= 15 is 0 Å². The minimum absolute atomic E-state index is 0.221. The van der Waals surface area contributed by atoms with E-state index < -0.39 is 0 Å². The lowest BCUT2D eigenvalue weighted by atomic mass is 10.1. The zero-order valence-electron chi connectivity index (χ0n) is 13.7. The van der Waals surface area contributed by atoms with E-state index in [1.54, 1.807) is 36.1 Å². The summed E-state index contributed by atoms with van der Waals surface area (Å²) in [4.78, 5) is 14.3. The molecule has 2 rings (SSSR count). The Bertz CT molecular complexity index is 678. The Morgan fingerprint density at radius 1 is 1.30 bits per heavy atom. The molecule has 7 heteroatoms. The van der Waals surface area contributed by atoms with Crippen molar-refractivity contribution in [2.24, 2.45) is 0 Å². The molecule has 1 amide bonds. The van der Waals surface area contributed by atoms with Crippen molar-refractivity contribution in [1.29, 1.82) is 0 Å². The van der Waals surface area contributed by atoms with Crippen LogP contribution in [0.4, 0.5) is 0 Å². The Morgan fingerprint density at radius 2 is 1.91 bits per heavy atom. The number of hydrogen-bond donors (Lipinski definition) is 0. The number of halogens is 1. The number of methoxy groups -OCH3 is 2. The molecule has 1 heterocycles. The molecule has 0 bridgehead atoms. The van der Waals surface area contributed by atoms with Gasteiger partial charge in [0.05, 0.1) is 25.8 Å². The fraction of sp³-hybridized carbons (Fsp3) is 0.375. The van der Waals surface area contributed by atoms with E-state index in [4.69, 9.17) is 21.1 Å². The highest BCUT2D eigenvalue weighted by Gasteiger charge is 2.23. The minimum Gasteiger partial charge on any atom is -0.496 e. The summed E-state index contributed by atoms with van der Waals surface area (Å²) in [5.41, 5.74) is 1.03. The van der Waals surface area contributed by atoms with Gasteiger partial charge in [-0.2, -0.15) is 5.10 Å². The number of carbonyl (C=O) groups excluding carboxylic acids is 1. The lowest BCUT2D eigenvalue weighted by molar-refractivity contribution is 0.0776. The van der Waals surface area contributed by atoms with Gasteiger partial charge in [0.25, 0.3) is 5.91 Å². The van der Waals surface area contributed by atoms with Gasteiger partial charge < -0.3 is 14.4 Å². The summed E-state index contributed by atoms with van der Waals surface area (Å²) in [7, 11) is 4.73. The third kappa shape index (κ3) is 3.59.